The summed E-state index contributed by atoms with van der Waals surface area (Å²) >= 11 is 0. The van der Waals surface area contributed by atoms with Crippen LogP contribution in [0, 0.1) is 0 Å². The van der Waals surface area contributed by atoms with Gasteiger partial charge in [-0.25, -0.2) is 4.98 Å². The maximum absolute atomic E-state index is 12.2. The lowest BCUT2D eigenvalue weighted by Gasteiger charge is -2.10. The molecule has 1 aromatic heterocycles. The van der Waals surface area contributed by atoms with Crippen LogP contribution in [0.15, 0.2) is 36.5 Å². The number of hydrogen-bond donors (Lipinski definition) is 2. The summed E-state index contributed by atoms with van der Waals surface area (Å²) in [5, 5.41) is 6.13. The number of nitrogens with one attached hydrogen (secondary N) is 2. The Labute approximate surface area is 154 Å². The van der Waals surface area contributed by atoms with Crippen molar-refractivity contribution in [1.82, 2.24) is 4.98 Å². The Morgan fingerprint density at radius 2 is 1.88 bits per heavy atom. The largest absolute Gasteiger partial charge is 0.493 e. The van der Waals surface area contributed by atoms with Crippen molar-refractivity contribution in [1.29, 1.82) is 0 Å². The van der Waals surface area contributed by atoms with Crippen molar-refractivity contribution in [3.63, 3.8) is 0 Å². The number of carbonyl (C=O) groups is 1. The second-order valence-corrected chi connectivity index (χ2v) is 5.98. The highest BCUT2D eigenvalue weighted by atomic mass is 16.5. The zero-order valence-corrected chi connectivity index (χ0v) is 15.7. The van der Waals surface area contributed by atoms with Crippen LogP contribution in [0.3, 0.4) is 0 Å². The third kappa shape index (κ3) is 5.95. The van der Waals surface area contributed by atoms with Crippen molar-refractivity contribution in [2.75, 3.05) is 31.4 Å². The molecule has 0 atom stereocenters. The van der Waals surface area contributed by atoms with Gasteiger partial charge in [0.05, 0.1) is 32.5 Å². The van der Waals surface area contributed by atoms with Gasteiger partial charge in [-0.2, -0.15) is 0 Å². The molecule has 1 aromatic carbocycles. The first-order valence-corrected chi connectivity index (χ1v) is 8.87. The van der Waals surface area contributed by atoms with E-state index in [2.05, 4.69) is 22.5 Å². The quantitative estimate of drug-likeness (QED) is 0.631. The maximum Gasteiger partial charge on any atom is 0.228 e. The van der Waals surface area contributed by atoms with Crippen LogP contribution < -0.4 is 20.1 Å². The number of amides is 1. The molecule has 0 aliphatic rings. The third-order valence-electron chi connectivity index (χ3n) is 3.95. The van der Waals surface area contributed by atoms with Crippen molar-refractivity contribution in [2.45, 2.75) is 32.6 Å². The van der Waals surface area contributed by atoms with Gasteiger partial charge in [0.2, 0.25) is 5.91 Å². The number of benzene rings is 1. The molecule has 6 heteroatoms. The SMILES string of the molecule is CCCCCNc1ccc(NC(=O)Cc2ccc(OC)c(OC)c2)cn1. The standard InChI is InChI=1S/C20H27N3O3/c1-4-5-6-11-21-19-10-8-16(14-22-19)23-20(24)13-15-7-9-17(25-2)18(12-15)26-3/h7-10,12,14H,4-6,11,13H2,1-3H3,(H,21,22)(H,23,24). The van der Waals surface area contributed by atoms with Gasteiger partial charge in [0, 0.05) is 6.54 Å². The van der Waals surface area contributed by atoms with Gasteiger partial charge in [-0.3, -0.25) is 4.79 Å². The molecule has 0 aliphatic carbocycles. The average molecular weight is 357 g/mol. The number of pyridine rings is 1. The van der Waals surface area contributed by atoms with E-state index in [9.17, 15) is 4.79 Å². The van der Waals surface area contributed by atoms with E-state index in [0.29, 0.717) is 17.2 Å². The Balaban J connectivity index is 1.87. The normalized spacial score (nSPS) is 10.3. The fourth-order valence-electron chi connectivity index (χ4n) is 2.55. The third-order valence-corrected chi connectivity index (χ3v) is 3.95. The summed E-state index contributed by atoms with van der Waals surface area (Å²) in [6.45, 7) is 3.09. The number of methoxy groups -OCH3 is 2. The van der Waals surface area contributed by atoms with Gasteiger partial charge in [-0.1, -0.05) is 25.8 Å². The molecule has 1 heterocycles. The Morgan fingerprint density at radius 3 is 2.54 bits per heavy atom. The Morgan fingerprint density at radius 1 is 1.08 bits per heavy atom. The van der Waals surface area contributed by atoms with E-state index in [4.69, 9.17) is 9.47 Å². The summed E-state index contributed by atoms with van der Waals surface area (Å²) in [6.07, 6.45) is 5.44. The van der Waals surface area contributed by atoms with Crippen molar-refractivity contribution in [2.24, 2.45) is 0 Å². The van der Waals surface area contributed by atoms with Crippen LogP contribution >= 0.6 is 0 Å². The monoisotopic (exact) mass is 357 g/mol. The molecule has 2 rings (SSSR count). The molecule has 6 nitrogen and oxygen atoms in total. The van der Waals surface area contributed by atoms with Crippen molar-refractivity contribution < 1.29 is 14.3 Å². The Hall–Kier alpha value is -2.76. The lowest BCUT2D eigenvalue weighted by atomic mass is 10.1. The van der Waals surface area contributed by atoms with Gasteiger partial charge in [0.1, 0.15) is 5.82 Å². The minimum absolute atomic E-state index is 0.109. The number of nitrogens with zero attached hydrogens (tertiary/aromatic N) is 1. The van der Waals surface area contributed by atoms with Crippen LogP contribution in [0.2, 0.25) is 0 Å². The Bertz CT molecular complexity index is 702. The minimum Gasteiger partial charge on any atom is -0.493 e. The fourth-order valence-corrected chi connectivity index (χ4v) is 2.55. The molecule has 0 unspecified atom stereocenters. The van der Waals surface area contributed by atoms with Gasteiger partial charge >= 0.3 is 0 Å². The van der Waals surface area contributed by atoms with E-state index >= 15 is 0 Å². The summed E-state index contributed by atoms with van der Waals surface area (Å²) in [6, 6.07) is 9.17. The van der Waals surface area contributed by atoms with Gasteiger partial charge in [0.25, 0.3) is 0 Å². The molecule has 1 amide bonds. The highest BCUT2D eigenvalue weighted by Gasteiger charge is 2.09. The van der Waals surface area contributed by atoms with Crippen LogP contribution in [-0.4, -0.2) is 31.7 Å². The number of anilines is 2. The average Bonchev–Trinajstić information content (AvgIpc) is 2.66. The lowest BCUT2D eigenvalue weighted by molar-refractivity contribution is -0.115. The maximum atomic E-state index is 12.2. The van der Waals surface area contributed by atoms with Crippen LogP contribution in [0.1, 0.15) is 31.7 Å². The molecular weight excluding hydrogens is 330 g/mol. The molecular formula is C20H27N3O3. The fraction of sp³-hybridized carbons (Fsp3) is 0.400. The van der Waals surface area contributed by atoms with Crippen LogP contribution in [0.25, 0.3) is 0 Å². The predicted molar refractivity (Wildman–Crippen MR) is 104 cm³/mol. The molecule has 0 fully saturated rings. The first-order valence-electron chi connectivity index (χ1n) is 8.87. The van der Waals surface area contributed by atoms with Crippen LogP contribution in [-0.2, 0) is 11.2 Å². The summed E-state index contributed by atoms with van der Waals surface area (Å²) in [5.41, 5.74) is 1.52. The van der Waals surface area contributed by atoms with Gasteiger partial charge in [-0.05, 0) is 36.2 Å². The summed E-state index contributed by atoms with van der Waals surface area (Å²) in [5.74, 6) is 1.96. The number of unbranched alkanes of at least 4 members (excludes halogenated alkanes) is 2. The van der Waals surface area contributed by atoms with E-state index in [1.54, 1.807) is 32.5 Å². The molecule has 0 saturated carbocycles. The molecule has 0 bridgehead atoms. The highest BCUT2D eigenvalue weighted by Crippen LogP contribution is 2.27. The second-order valence-electron chi connectivity index (χ2n) is 5.98. The van der Waals surface area contributed by atoms with Gasteiger partial charge in [0.15, 0.2) is 11.5 Å². The first-order chi connectivity index (χ1) is 12.7. The molecule has 0 aliphatic heterocycles. The van der Waals surface area contributed by atoms with Gasteiger partial charge in [-0.15, -0.1) is 0 Å². The molecule has 2 aromatic rings. The van der Waals surface area contributed by atoms with Crippen LogP contribution in [0.5, 0.6) is 11.5 Å². The molecule has 0 radical (unpaired) electrons. The molecule has 0 saturated heterocycles. The number of hydrogen-bond acceptors (Lipinski definition) is 5. The molecule has 140 valence electrons. The number of ether oxygens (including phenoxy) is 2. The van der Waals surface area contributed by atoms with E-state index < -0.39 is 0 Å². The highest BCUT2D eigenvalue weighted by molar-refractivity contribution is 5.92. The van der Waals surface area contributed by atoms with Gasteiger partial charge < -0.3 is 20.1 Å². The van der Waals surface area contributed by atoms with E-state index in [-0.39, 0.29) is 12.3 Å². The lowest BCUT2D eigenvalue weighted by Crippen LogP contribution is -2.14. The number of rotatable bonds is 10. The summed E-state index contributed by atoms with van der Waals surface area (Å²) in [4.78, 5) is 16.6. The van der Waals surface area contributed by atoms with Crippen molar-refractivity contribution >= 4 is 17.4 Å². The Kier molecular flexibility index (Phi) is 7.74. The zero-order chi connectivity index (χ0) is 18.8. The topological polar surface area (TPSA) is 72.5 Å². The molecule has 0 spiro atoms. The smallest absolute Gasteiger partial charge is 0.228 e. The summed E-state index contributed by atoms with van der Waals surface area (Å²) < 4.78 is 10.5. The predicted octanol–water partition coefficient (Wildman–Crippen LogP) is 3.88. The van der Waals surface area contributed by atoms with E-state index in [0.717, 1.165) is 24.3 Å². The number of aromatic nitrogens is 1. The first kappa shape index (κ1) is 19.6. The number of carbonyl (C=O) groups excluding carboxylic acids is 1. The van der Waals surface area contributed by atoms with Crippen molar-refractivity contribution in [3.05, 3.63) is 42.1 Å². The van der Waals surface area contributed by atoms with E-state index in [1.165, 1.54) is 12.8 Å². The van der Waals surface area contributed by atoms with Crippen LogP contribution in [0.4, 0.5) is 11.5 Å². The zero-order valence-electron chi connectivity index (χ0n) is 15.7. The summed E-state index contributed by atoms with van der Waals surface area (Å²) in [7, 11) is 3.16. The minimum atomic E-state index is -0.109. The molecule has 26 heavy (non-hydrogen) atoms. The molecule has 2 N–H and O–H groups in total. The van der Waals surface area contributed by atoms with E-state index in [1.807, 2.05) is 18.2 Å². The second kappa shape index (κ2) is 10.3. The van der Waals surface area contributed by atoms with Crippen molar-refractivity contribution in [3.8, 4) is 11.5 Å².